The molecule has 0 bridgehead atoms. The molecule has 0 radical (unpaired) electrons. The number of nitrogens with one attached hydrogen (secondary N) is 1. The molecule has 3 nitrogen and oxygen atoms in total. The molecule has 5 heteroatoms. The summed E-state index contributed by atoms with van der Waals surface area (Å²) >= 11 is 6.78. The van der Waals surface area contributed by atoms with Gasteiger partial charge in [-0.25, -0.2) is 4.98 Å². The lowest BCUT2D eigenvalue weighted by Gasteiger charge is -2.08. The van der Waals surface area contributed by atoms with Gasteiger partial charge in [-0.3, -0.25) is 0 Å². The number of pyridine rings is 1. The van der Waals surface area contributed by atoms with Crippen LogP contribution >= 0.6 is 24.0 Å². The SMILES string of the molecule is CSCCCNc1ncccc1C(N)=S. The minimum atomic E-state index is 0.385. The maximum Gasteiger partial charge on any atom is 0.136 e. The topological polar surface area (TPSA) is 50.9 Å². The summed E-state index contributed by atoms with van der Waals surface area (Å²) in [5.41, 5.74) is 6.41. The van der Waals surface area contributed by atoms with Crippen LogP contribution in [-0.4, -0.2) is 28.5 Å². The first-order valence-corrected chi connectivity index (χ1v) is 6.53. The van der Waals surface area contributed by atoms with Gasteiger partial charge in [0, 0.05) is 12.7 Å². The van der Waals surface area contributed by atoms with E-state index in [4.69, 9.17) is 18.0 Å². The Morgan fingerprint density at radius 1 is 1.67 bits per heavy atom. The fraction of sp³-hybridized carbons (Fsp3) is 0.400. The van der Waals surface area contributed by atoms with Gasteiger partial charge in [-0.2, -0.15) is 11.8 Å². The fourth-order valence-corrected chi connectivity index (χ4v) is 1.77. The van der Waals surface area contributed by atoms with Crippen LogP contribution in [0.25, 0.3) is 0 Å². The molecular weight excluding hydrogens is 226 g/mol. The minimum absolute atomic E-state index is 0.385. The molecule has 0 aliphatic heterocycles. The molecule has 0 aromatic carbocycles. The number of hydrogen-bond donors (Lipinski definition) is 2. The van der Waals surface area contributed by atoms with Gasteiger partial charge in [0.15, 0.2) is 0 Å². The number of thioether (sulfide) groups is 1. The highest BCUT2D eigenvalue weighted by Gasteiger charge is 2.04. The van der Waals surface area contributed by atoms with Gasteiger partial charge in [0.2, 0.25) is 0 Å². The van der Waals surface area contributed by atoms with E-state index in [1.165, 1.54) is 0 Å². The Morgan fingerprint density at radius 2 is 2.47 bits per heavy atom. The highest BCUT2D eigenvalue weighted by molar-refractivity contribution is 7.98. The molecule has 3 N–H and O–H groups in total. The zero-order chi connectivity index (χ0) is 11.1. The van der Waals surface area contributed by atoms with Crippen LogP contribution in [-0.2, 0) is 0 Å². The smallest absolute Gasteiger partial charge is 0.136 e. The molecule has 0 aliphatic carbocycles. The third kappa shape index (κ3) is 4.05. The van der Waals surface area contributed by atoms with Gasteiger partial charge in [-0.05, 0) is 30.6 Å². The number of rotatable bonds is 6. The first kappa shape index (κ1) is 12.3. The Labute approximate surface area is 99.8 Å². The molecule has 0 fully saturated rings. The highest BCUT2D eigenvalue weighted by atomic mass is 32.2. The van der Waals surface area contributed by atoms with Crippen LogP contribution < -0.4 is 11.1 Å². The highest BCUT2D eigenvalue weighted by Crippen LogP contribution is 2.11. The van der Waals surface area contributed by atoms with Crippen LogP contribution in [0.5, 0.6) is 0 Å². The summed E-state index contributed by atoms with van der Waals surface area (Å²) in [4.78, 5) is 4.60. The van der Waals surface area contributed by atoms with Crippen molar-refractivity contribution in [3.63, 3.8) is 0 Å². The summed E-state index contributed by atoms with van der Waals surface area (Å²) < 4.78 is 0. The third-order valence-corrected chi connectivity index (χ3v) is 2.81. The van der Waals surface area contributed by atoms with E-state index >= 15 is 0 Å². The van der Waals surface area contributed by atoms with E-state index < -0.39 is 0 Å². The van der Waals surface area contributed by atoms with Crippen LogP contribution in [0.4, 0.5) is 5.82 Å². The maximum atomic E-state index is 5.59. The van der Waals surface area contributed by atoms with Crippen molar-refractivity contribution in [2.75, 3.05) is 23.9 Å². The normalized spacial score (nSPS) is 9.93. The van der Waals surface area contributed by atoms with Gasteiger partial charge < -0.3 is 11.1 Å². The van der Waals surface area contributed by atoms with Crippen molar-refractivity contribution < 1.29 is 0 Å². The van der Waals surface area contributed by atoms with Crippen LogP contribution in [0, 0.1) is 0 Å². The van der Waals surface area contributed by atoms with Crippen LogP contribution in [0.15, 0.2) is 18.3 Å². The van der Waals surface area contributed by atoms with Crippen molar-refractivity contribution in [2.45, 2.75) is 6.42 Å². The van der Waals surface area contributed by atoms with Crippen molar-refractivity contribution in [2.24, 2.45) is 5.73 Å². The molecule has 1 heterocycles. The molecular formula is C10H15N3S2. The van der Waals surface area contributed by atoms with Gasteiger partial charge in [0.25, 0.3) is 0 Å². The zero-order valence-electron chi connectivity index (χ0n) is 8.69. The monoisotopic (exact) mass is 241 g/mol. The second-order valence-corrected chi connectivity index (χ2v) is 4.46. The van der Waals surface area contributed by atoms with Crippen molar-refractivity contribution in [3.8, 4) is 0 Å². The number of nitrogens with two attached hydrogens (primary N) is 1. The van der Waals surface area contributed by atoms with Crippen molar-refractivity contribution >= 4 is 34.8 Å². The Hall–Kier alpha value is -0.810. The second-order valence-electron chi connectivity index (χ2n) is 3.04. The molecule has 0 unspecified atom stereocenters. The Balaban J connectivity index is 2.56. The summed E-state index contributed by atoms with van der Waals surface area (Å²) in [7, 11) is 0. The average molecular weight is 241 g/mol. The molecule has 15 heavy (non-hydrogen) atoms. The standard InChI is InChI=1S/C10H15N3S2/c1-15-7-3-6-13-10-8(9(11)14)4-2-5-12-10/h2,4-5H,3,6-7H2,1H3,(H2,11,14)(H,12,13). The van der Waals surface area contributed by atoms with E-state index in [0.29, 0.717) is 4.99 Å². The number of thiocarbonyl (C=S) groups is 1. The zero-order valence-corrected chi connectivity index (χ0v) is 10.3. The van der Waals surface area contributed by atoms with Crippen LogP contribution in [0.3, 0.4) is 0 Å². The second kappa shape index (κ2) is 6.63. The molecule has 1 aromatic heterocycles. The van der Waals surface area contributed by atoms with E-state index in [9.17, 15) is 0 Å². The first-order valence-electron chi connectivity index (χ1n) is 4.73. The molecule has 0 atom stereocenters. The van der Waals surface area contributed by atoms with Crippen LogP contribution in [0.1, 0.15) is 12.0 Å². The molecule has 1 rings (SSSR count). The largest absolute Gasteiger partial charge is 0.389 e. The predicted molar refractivity (Wildman–Crippen MR) is 71.6 cm³/mol. The van der Waals surface area contributed by atoms with Gasteiger partial charge in [-0.15, -0.1) is 0 Å². The lowest BCUT2D eigenvalue weighted by atomic mass is 10.2. The molecule has 0 aliphatic rings. The lowest BCUT2D eigenvalue weighted by Crippen LogP contribution is -2.15. The van der Waals surface area contributed by atoms with Gasteiger partial charge >= 0.3 is 0 Å². The first-order chi connectivity index (χ1) is 7.25. The fourth-order valence-electron chi connectivity index (χ4n) is 1.17. The Kier molecular flexibility index (Phi) is 5.42. The summed E-state index contributed by atoms with van der Waals surface area (Å²) in [5.74, 6) is 1.92. The summed E-state index contributed by atoms with van der Waals surface area (Å²) in [6.07, 6.45) is 4.94. The third-order valence-electron chi connectivity index (χ3n) is 1.89. The Bertz CT molecular complexity index is 328. The molecule has 0 saturated heterocycles. The van der Waals surface area contributed by atoms with E-state index in [1.54, 1.807) is 6.20 Å². The van der Waals surface area contributed by atoms with E-state index in [1.807, 2.05) is 23.9 Å². The number of aromatic nitrogens is 1. The minimum Gasteiger partial charge on any atom is -0.389 e. The van der Waals surface area contributed by atoms with Crippen molar-refractivity contribution in [1.29, 1.82) is 0 Å². The van der Waals surface area contributed by atoms with Gasteiger partial charge in [0.05, 0.1) is 5.56 Å². The molecule has 82 valence electrons. The van der Waals surface area contributed by atoms with Gasteiger partial charge in [0.1, 0.15) is 10.8 Å². The summed E-state index contributed by atoms with van der Waals surface area (Å²) in [6.45, 7) is 0.896. The van der Waals surface area contributed by atoms with E-state index in [2.05, 4.69) is 16.6 Å². The molecule has 0 saturated carbocycles. The number of hydrogen-bond acceptors (Lipinski definition) is 4. The molecule has 0 spiro atoms. The van der Waals surface area contributed by atoms with Crippen molar-refractivity contribution in [3.05, 3.63) is 23.9 Å². The maximum absolute atomic E-state index is 5.59. The molecule has 0 amide bonds. The number of anilines is 1. The Morgan fingerprint density at radius 3 is 3.13 bits per heavy atom. The van der Waals surface area contributed by atoms with Crippen molar-refractivity contribution in [1.82, 2.24) is 4.98 Å². The van der Waals surface area contributed by atoms with E-state index in [0.717, 1.165) is 30.1 Å². The van der Waals surface area contributed by atoms with E-state index in [-0.39, 0.29) is 0 Å². The summed E-state index contributed by atoms with van der Waals surface area (Å²) in [5, 5.41) is 3.24. The van der Waals surface area contributed by atoms with Crippen LogP contribution in [0.2, 0.25) is 0 Å². The summed E-state index contributed by atoms with van der Waals surface area (Å²) in [6, 6.07) is 3.72. The quantitative estimate of drug-likeness (QED) is 0.588. The average Bonchev–Trinajstić information content (AvgIpc) is 2.25. The van der Waals surface area contributed by atoms with Gasteiger partial charge in [-0.1, -0.05) is 12.2 Å². The lowest BCUT2D eigenvalue weighted by molar-refractivity contribution is 0.981. The number of nitrogens with zero attached hydrogens (tertiary/aromatic N) is 1. The molecule has 1 aromatic rings. The predicted octanol–water partition coefficient (Wildman–Crippen LogP) is 1.88.